The van der Waals surface area contributed by atoms with Crippen molar-refractivity contribution in [1.29, 1.82) is 0 Å². The predicted molar refractivity (Wildman–Crippen MR) is 112 cm³/mol. The summed E-state index contributed by atoms with van der Waals surface area (Å²) in [6.45, 7) is 7.76. The maximum atomic E-state index is 13.2. The van der Waals surface area contributed by atoms with Gasteiger partial charge in [0.1, 0.15) is 5.92 Å². The Morgan fingerprint density at radius 3 is 2.33 bits per heavy atom. The van der Waals surface area contributed by atoms with Gasteiger partial charge in [-0.15, -0.1) is 12.4 Å². The molecule has 1 N–H and O–H groups in total. The highest BCUT2D eigenvalue weighted by atomic mass is 35.5. The second-order valence-electron chi connectivity index (χ2n) is 6.39. The van der Waals surface area contributed by atoms with E-state index in [0.29, 0.717) is 0 Å². The normalized spacial score (nSPS) is 13.2. The summed E-state index contributed by atoms with van der Waals surface area (Å²) in [5.41, 5.74) is 2.91. The number of aromatic nitrogens is 1. The Bertz CT molecular complexity index is 859. The van der Waals surface area contributed by atoms with Crippen LogP contribution in [0.25, 0.3) is 10.9 Å². The summed E-state index contributed by atoms with van der Waals surface area (Å²) in [6.07, 6.45) is 1.67. The lowest BCUT2D eigenvalue weighted by atomic mass is 9.91. The van der Waals surface area contributed by atoms with Gasteiger partial charge in [-0.25, -0.2) is 0 Å². The number of aromatic amines is 1. The molecule has 0 bridgehead atoms. The molecule has 0 saturated carbocycles. The summed E-state index contributed by atoms with van der Waals surface area (Å²) in [4.78, 5) is 18.6. The van der Waals surface area contributed by atoms with Crippen LogP contribution in [-0.4, -0.2) is 35.2 Å². The molecule has 0 saturated heterocycles. The number of hydrogen-bond donors (Lipinski definition) is 1. The van der Waals surface area contributed by atoms with E-state index in [4.69, 9.17) is 4.74 Å². The molecule has 3 aromatic rings. The summed E-state index contributed by atoms with van der Waals surface area (Å²) < 4.78 is 5.86. The van der Waals surface area contributed by atoms with Crippen LogP contribution < -0.4 is 0 Å². The van der Waals surface area contributed by atoms with Crippen LogP contribution in [0.2, 0.25) is 0 Å². The summed E-state index contributed by atoms with van der Waals surface area (Å²) in [5.74, 6) is -0.675. The third kappa shape index (κ3) is 4.52. The molecule has 0 radical (unpaired) electrons. The van der Waals surface area contributed by atoms with Gasteiger partial charge in [0.15, 0.2) is 6.23 Å². The Balaban J connectivity index is 0.00000261. The number of hydrogen-bond acceptors (Lipinski definition) is 3. The Hall–Kier alpha value is -2.30. The van der Waals surface area contributed by atoms with Crippen molar-refractivity contribution in [2.75, 3.05) is 13.1 Å². The summed E-state index contributed by atoms with van der Waals surface area (Å²) in [5, 5.41) is 1.05. The number of nitrogens with one attached hydrogen (secondary N) is 1. The first kappa shape index (κ1) is 21.0. The third-order valence-electron chi connectivity index (χ3n) is 4.91. The smallest absolute Gasteiger partial charge is 0.319 e. The highest BCUT2D eigenvalue weighted by molar-refractivity contribution is 5.92. The van der Waals surface area contributed by atoms with Gasteiger partial charge in [0, 0.05) is 17.1 Å². The molecule has 0 aliphatic heterocycles. The molecule has 0 aliphatic rings. The van der Waals surface area contributed by atoms with Crippen molar-refractivity contribution in [2.45, 2.75) is 32.9 Å². The van der Waals surface area contributed by atoms with Crippen molar-refractivity contribution < 1.29 is 9.53 Å². The van der Waals surface area contributed by atoms with E-state index in [1.165, 1.54) is 0 Å². The van der Waals surface area contributed by atoms with E-state index in [-0.39, 0.29) is 24.6 Å². The van der Waals surface area contributed by atoms with Gasteiger partial charge in [0.25, 0.3) is 0 Å². The number of H-pyrrole nitrogens is 1. The standard InChI is InChI=1S/C22H26N2O2.ClH/c1-4-24(5-2)16(3)26-22(25)21(17-11-7-6-8-12-17)19-15-23-20-14-10-9-13-18(19)20;/h6-16,21,23H,4-5H2,1-3H3;1H. The average Bonchev–Trinajstić information content (AvgIpc) is 3.08. The van der Waals surface area contributed by atoms with E-state index >= 15 is 0 Å². The average molecular weight is 387 g/mol. The van der Waals surface area contributed by atoms with Gasteiger partial charge in [-0.05, 0) is 37.2 Å². The SMILES string of the molecule is CCN(CC)C(C)OC(=O)C(c1ccccc1)c1c[nH]c2ccccc12.Cl. The van der Waals surface area contributed by atoms with Crippen LogP contribution in [0.1, 0.15) is 37.8 Å². The lowest BCUT2D eigenvalue weighted by Crippen LogP contribution is -2.37. The van der Waals surface area contributed by atoms with Crippen LogP contribution >= 0.6 is 12.4 Å². The van der Waals surface area contributed by atoms with Crippen molar-refractivity contribution in [2.24, 2.45) is 0 Å². The van der Waals surface area contributed by atoms with Crippen molar-refractivity contribution >= 4 is 29.3 Å². The first-order valence-electron chi connectivity index (χ1n) is 9.21. The molecule has 144 valence electrons. The molecule has 2 atom stereocenters. The molecule has 0 amide bonds. The van der Waals surface area contributed by atoms with E-state index in [9.17, 15) is 4.79 Å². The fraction of sp³-hybridized carbons (Fsp3) is 0.318. The van der Waals surface area contributed by atoms with E-state index in [0.717, 1.165) is 35.1 Å². The van der Waals surface area contributed by atoms with Crippen LogP contribution in [0.3, 0.4) is 0 Å². The Kier molecular flexibility index (Phi) is 7.45. The van der Waals surface area contributed by atoms with Gasteiger partial charge in [-0.3, -0.25) is 9.69 Å². The first-order chi connectivity index (χ1) is 12.7. The number of rotatable bonds is 7. The number of para-hydroxylation sites is 1. The molecule has 0 spiro atoms. The van der Waals surface area contributed by atoms with Gasteiger partial charge in [-0.1, -0.05) is 62.4 Å². The third-order valence-corrected chi connectivity index (χ3v) is 4.91. The largest absolute Gasteiger partial charge is 0.446 e. The van der Waals surface area contributed by atoms with Gasteiger partial charge in [0.2, 0.25) is 0 Å². The monoisotopic (exact) mass is 386 g/mol. The number of carbonyl (C=O) groups is 1. The minimum Gasteiger partial charge on any atom is -0.446 e. The van der Waals surface area contributed by atoms with Crippen molar-refractivity contribution in [3.63, 3.8) is 0 Å². The zero-order chi connectivity index (χ0) is 18.5. The second kappa shape index (κ2) is 9.58. The highest BCUT2D eigenvalue weighted by Crippen LogP contribution is 2.32. The summed E-state index contributed by atoms with van der Waals surface area (Å²) in [6, 6.07) is 17.9. The van der Waals surface area contributed by atoms with Gasteiger partial charge < -0.3 is 9.72 Å². The van der Waals surface area contributed by atoms with Gasteiger partial charge in [0.05, 0.1) is 0 Å². The lowest BCUT2D eigenvalue weighted by molar-refractivity contribution is -0.158. The molecule has 0 fully saturated rings. The molecule has 1 aromatic heterocycles. The van der Waals surface area contributed by atoms with E-state index < -0.39 is 5.92 Å². The number of ether oxygens (including phenoxy) is 1. The molecule has 2 aromatic carbocycles. The zero-order valence-electron chi connectivity index (χ0n) is 16.0. The molecule has 27 heavy (non-hydrogen) atoms. The van der Waals surface area contributed by atoms with E-state index in [2.05, 4.69) is 23.7 Å². The Morgan fingerprint density at radius 1 is 1.04 bits per heavy atom. The van der Waals surface area contributed by atoms with Crippen molar-refractivity contribution in [3.8, 4) is 0 Å². The number of nitrogens with zero attached hydrogens (tertiary/aromatic N) is 1. The van der Waals surface area contributed by atoms with Crippen molar-refractivity contribution in [3.05, 3.63) is 71.9 Å². The topological polar surface area (TPSA) is 45.3 Å². The number of benzene rings is 2. The molecule has 3 rings (SSSR count). The number of halogens is 1. The minimum atomic E-state index is -0.453. The molecule has 2 unspecified atom stereocenters. The fourth-order valence-electron chi connectivity index (χ4n) is 3.47. The number of fused-ring (bicyclic) bond motifs is 1. The molecule has 1 heterocycles. The Morgan fingerprint density at radius 2 is 1.67 bits per heavy atom. The van der Waals surface area contributed by atoms with E-state index in [1.54, 1.807) is 0 Å². The van der Waals surface area contributed by atoms with Gasteiger partial charge in [-0.2, -0.15) is 0 Å². The molecule has 5 heteroatoms. The number of carbonyl (C=O) groups excluding carboxylic acids is 1. The maximum absolute atomic E-state index is 13.2. The highest BCUT2D eigenvalue weighted by Gasteiger charge is 2.29. The van der Waals surface area contributed by atoms with Crippen molar-refractivity contribution in [1.82, 2.24) is 9.88 Å². The second-order valence-corrected chi connectivity index (χ2v) is 6.39. The fourth-order valence-corrected chi connectivity index (χ4v) is 3.47. The van der Waals surface area contributed by atoms with Crippen LogP contribution in [0.5, 0.6) is 0 Å². The maximum Gasteiger partial charge on any atom is 0.319 e. The molecular formula is C22H27ClN2O2. The summed E-state index contributed by atoms with van der Waals surface area (Å²) >= 11 is 0. The number of esters is 1. The van der Waals surface area contributed by atoms with Crippen LogP contribution in [0.4, 0.5) is 0 Å². The van der Waals surface area contributed by atoms with Crippen LogP contribution in [0, 0.1) is 0 Å². The predicted octanol–water partition coefficient (Wildman–Crippen LogP) is 4.95. The minimum absolute atomic E-state index is 0. The molecular weight excluding hydrogens is 360 g/mol. The molecule has 4 nitrogen and oxygen atoms in total. The quantitative estimate of drug-likeness (QED) is 0.461. The van der Waals surface area contributed by atoms with Crippen LogP contribution in [-0.2, 0) is 9.53 Å². The lowest BCUT2D eigenvalue weighted by Gasteiger charge is -2.27. The zero-order valence-corrected chi connectivity index (χ0v) is 16.8. The van der Waals surface area contributed by atoms with Gasteiger partial charge >= 0.3 is 5.97 Å². The summed E-state index contributed by atoms with van der Waals surface area (Å²) in [7, 11) is 0. The van der Waals surface area contributed by atoms with E-state index in [1.807, 2.05) is 67.7 Å². The molecule has 0 aliphatic carbocycles. The first-order valence-corrected chi connectivity index (χ1v) is 9.21. The Labute approximate surface area is 166 Å². The van der Waals surface area contributed by atoms with Crippen LogP contribution in [0.15, 0.2) is 60.8 Å².